The van der Waals surface area contributed by atoms with Crippen molar-refractivity contribution in [1.29, 1.82) is 0 Å². The van der Waals surface area contributed by atoms with Gasteiger partial charge in [-0.1, -0.05) is 18.2 Å². The van der Waals surface area contributed by atoms with Gasteiger partial charge in [-0.2, -0.15) is 0 Å². The third kappa shape index (κ3) is 1.63. The van der Waals surface area contributed by atoms with Crippen LogP contribution < -0.4 is 5.32 Å². The van der Waals surface area contributed by atoms with Crippen molar-refractivity contribution in [2.75, 3.05) is 0 Å². The van der Waals surface area contributed by atoms with E-state index in [0.717, 1.165) is 44.4 Å². The second-order valence-corrected chi connectivity index (χ2v) is 7.53. The second-order valence-electron chi connectivity index (χ2n) is 7.53. The molecule has 0 radical (unpaired) electrons. The Morgan fingerprint density at radius 3 is 2.67 bits per heavy atom. The number of aromatic amines is 1. The van der Waals surface area contributed by atoms with Crippen LogP contribution in [0.1, 0.15) is 37.7 Å². The Labute approximate surface area is 124 Å². The van der Waals surface area contributed by atoms with Crippen molar-refractivity contribution in [3.63, 3.8) is 0 Å². The Hall–Kier alpha value is -1.77. The maximum atomic E-state index is 12.5. The number of fused-ring (bicyclic) bond motifs is 1. The van der Waals surface area contributed by atoms with Crippen LogP contribution in [0.4, 0.5) is 0 Å². The summed E-state index contributed by atoms with van der Waals surface area (Å²) in [4.78, 5) is 15.9. The number of H-pyrrole nitrogens is 1. The number of aromatic nitrogens is 1. The largest absolute Gasteiger partial charge is 0.361 e. The lowest BCUT2D eigenvalue weighted by Gasteiger charge is -2.60. The number of para-hydroxylation sites is 1. The Morgan fingerprint density at radius 2 is 2.00 bits per heavy atom. The summed E-state index contributed by atoms with van der Waals surface area (Å²) in [7, 11) is 0. The summed E-state index contributed by atoms with van der Waals surface area (Å²) in [6.07, 6.45) is 8.74. The van der Waals surface area contributed by atoms with Gasteiger partial charge in [0.15, 0.2) is 0 Å². The first-order valence-electron chi connectivity index (χ1n) is 8.06. The van der Waals surface area contributed by atoms with Crippen LogP contribution >= 0.6 is 0 Å². The van der Waals surface area contributed by atoms with E-state index in [1.807, 2.05) is 0 Å². The van der Waals surface area contributed by atoms with Crippen molar-refractivity contribution in [3.05, 3.63) is 36.0 Å². The van der Waals surface area contributed by atoms with Gasteiger partial charge in [-0.3, -0.25) is 4.79 Å². The van der Waals surface area contributed by atoms with Gasteiger partial charge in [-0.15, -0.1) is 0 Å². The number of amides is 1. The summed E-state index contributed by atoms with van der Waals surface area (Å²) in [5, 5.41) is 4.69. The fourth-order valence-electron chi connectivity index (χ4n) is 4.27. The number of hydrogen-bond acceptors (Lipinski definition) is 1. The van der Waals surface area contributed by atoms with Gasteiger partial charge in [0.25, 0.3) is 0 Å². The van der Waals surface area contributed by atoms with E-state index in [1.165, 1.54) is 16.5 Å². The molecule has 0 saturated heterocycles. The van der Waals surface area contributed by atoms with Crippen LogP contribution in [0.5, 0.6) is 0 Å². The molecule has 4 fully saturated rings. The van der Waals surface area contributed by atoms with Crippen molar-refractivity contribution in [1.82, 2.24) is 10.3 Å². The molecule has 0 atom stereocenters. The zero-order chi connectivity index (χ0) is 14.1. The van der Waals surface area contributed by atoms with E-state index in [9.17, 15) is 4.79 Å². The second kappa shape index (κ2) is 3.70. The molecular formula is C18H20N2O. The van der Waals surface area contributed by atoms with Gasteiger partial charge in [-0.25, -0.2) is 0 Å². The lowest BCUT2D eigenvalue weighted by molar-refractivity contribution is -0.166. The molecule has 4 saturated carbocycles. The molecule has 3 nitrogen and oxygen atoms in total. The summed E-state index contributed by atoms with van der Waals surface area (Å²) in [6.45, 7) is 0. The molecule has 4 aliphatic rings. The first kappa shape index (κ1) is 11.8. The highest BCUT2D eigenvalue weighted by Crippen LogP contribution is 2.64. The Bertz CT molecular complexity index is 723. The van der Waals surface area contributed by atoms with E-state index in [0.29, 0.717) is 5.91 Å². The lowest BCUT2D eigenvalue weighted by Crippen LogP contribution is -2.62. The summed E-state index contributed by atoms with van der Waals surface area (Å²) < 4.78 is 0. The molecule has 3 heteroatoms. The zero-order valence-electron chi connectivity index (χ0n) is 12.1. The first-order chi connectivity index (χ1) is 10.2. The van der Waals surface area contributed by atoms with Crippen molar-refractivity contribution in [2.24, 2.45) is 11.3 Å². The van der Waals surface area contributed by atoms with E-state index < -0.39 is 0 Å². The van der Waals surface area contributed by atoms with Gasteiger partial charge in [0, 0.05) is 28.1 Å². The van der Waals surface area contributed by atoms with Crippen molar-refractivity contribution < 1.29 is 4.79 Å². The monoisotopic (exact) mass is 280 g/mol. The Balaban J connectivity index is 1.36. The van der Waals surface area contributed by atoms with Gasteiger partial charge in [0.1, 0.15) is 0 Å². The maximum Gasteiger partial charge on any atom is 0.226 e. The lowest BCUT2D eigenvalue weighted by atomic mass is 9.44. The van der Waals surface area contributed by atoms with Crippen LogP contribution in [-0.2, 0) is 11.2 Å². The molecule has 2 aromatic rings. The molecule has 2 bridgehead atoms. The molecule has 21 heavy (non-hydrogen) atoms. The first-order valence-corrected chi connectivity index (χ1v) is 8.06. The highest BCUT2D eigenvalue weighted by molar-refractivity contribution is 5.87. The van der Waals surface area contributed by atoms with Crippen LogP contribution in [0.3, 0.4) is 0 Å². The number of rotatable bonds is 4. The smallest absolute Gasteiger partial charge is 0.226 e. The minimum absolute atomic E-state index is 0.0392. The fraction of sp³-hybridized carbons (Fsp3) is 0.500. The third-order valence-electron chi connectivity index (χ3n) is 5.96. The highest BCUT2D eigenvalue weighted by Gasteiger charge is 2.62. The topological polar surface area (TPSA) is 44.9 Å². The number of hydrogen-bond donors (Lipinski definition) is 2. The summed E-state index contributed by atoms with van der Waals surface area (Å²) in [6, 6.07) is 8.42. The number of nitrogens with one attached hydrogen (secondary N) is 2. The number of carbonyl (C=O) groups excluding carboxylic acids is 1. The van der Waals surface area contributed by atoms with Crippen LogP contribution in [0.2, 0.25) is 0 Å². The number of carbonyl (C=O) groups is 1. The van der Waals surface area contributed by atoms with Gasteiger partial charge in [0.05, 0.1) is 0 Å². The molecule has 1 aromatic carbocycles. The summed E-state index contributed by atoms with van der Waals surface area (Å²) >= 11 is 0. The average Bonchev–Trinajstić information content (AvgIpc) is 2.98. The van der Waals surface area contributed by atoms with E-state index in [4.69, 9.17) is 0 Å². The average molecular weight is 280 g/mol. The van der Waals surface area contributed by atoms with E-state index >= 15 is 0 Å². The molecule has 4 aliphatic carbocycles. The normalized spacial score (nSPS) is 31.3. The minimum atomic E-state index is 0.0392. The molecule has 1 heterocycles. The SMILES string of the molecule is O=C(NC1(Cc2c[nH]c3ccccc23)CC1)C12CC(C1)C2. The molecule has 6 rings (SSSR count). The predicted octanol–water partition coefficient (Wildman–Crippen LogP) is 3.16. The molecule has 108 valence electrons. The van der Waals surface area contributed by atoms with Crippen LogP contribution in [0, 0.1) is 11.3 Å². The van der Waals surface area contributed by atoms with Crippen molar-refractivity contribution in [2.45, 2.75) is 44.1 Å². The fourth-order valence-corrected chi connectivity index (χ4v) is 4.27. The molecule has 0 unspecified atom stereocenters. The van der Waals surface area contributed by atoms with Crippen LogP contribution in [-0.4, -0.2) is 16.4 Å². The van der Waals surface area contributed by atoms with Crippen molar-refractivity contribution in [3.8, 4) is 0 Å². The predicted molar refractivity (Wildman–Crippen MR) is 81.9 cm³/mol. The minimum Gasteiger partial charge on any atom is -0.361 e. The van der Waals surface area contributed by atoms with Gasteiger partial charge >= 0.3 is 0 Å². The molecular weight excluding hydrogens is 260 g/mol. The highest BCUT2D eigenvalue weighted by atomic mass is 16.2. The standard InChI is InChI=1S/C18H20N2O/c21-16(17-7-12(8-17)9-17)20-18(5-6-18)10-13-11-19-15-4-2-1-3-14(13)15/h1-4,11-12,19H,5-10H2,(H,20,21). The quantitative estimate of drug-likeness (QED) is 0.887. The molecule has 0 spiro atoms. The van der Waals surface area contributed by atoms with Crippen LogP contribution in [0.25, 0.3) is 10.9 Å². The zero-order valence-corrected chi connectivity index (χ0v) is 12.1. The van der Waals surface area contributed by atoms with Gasteiger partial charge < -0.3 is 10.3 Å². The van der Waals surface area contributed by atoms with Crippen molar-refractivity contribution >= 4 is 16.8 Å². The summed E-state index contributed by atoms with van der Waals surface area (Å²) in [5.74, 6) is 1.20. The van der Waals surface area contributed by atoms with E-state index in [-0.39, 0.29) is 11.0 Å². The summed E-state index contributed by atoms with van der Waals surface area (Å²) in [5.41, 5.74) is 2.60. The van der Waals surface area contributed by atoms with Gasteiger partial charge in [-0.05, 0) is 56.1 Å². The van der Waals surface area contributed by atoms with Gasteiger partial charge in [0.2, 0.25) is 5.91 Å². The van der Waals surface area contributed by atoms with E-state index in [2.05, 4.69) is 40.8 Å². The molecule has 2 N–H and O–H groups in total. The maximum absolute atomic E-state index is 12.5. The molecule has 0 aliphatic heterocycles. The Kier molecular flexibility index (Phi) is 2.09. The molecule has 1 aromatic heterocycles. The number of benzene rings is 1. The Morgan fingerprint density at radius 1 is 1.24 bits per heavy atom. The van der Waals surface area contributed by atoms with Crippen LogP contribution in [0.15, 0.2) is 30.5 Å². The molecule has 1 amide bonds. The van der Waals surface area contributed by atoms with E-state index in [1.54, 1.807) is 0 Å². The third-order valence-corrected chi connectivity index (χ3v) is 5.96.